The maximum absolute atomic E-state index is 12.7. The number of nitrogens with one attached hydrogen (secondary N) is 1. The van der Waals surface area contributed by atoms with Gasteiger partial charge in [0, 0.05) is 23.7 Å². The highest BCUT2D eigenvalue weighted by molar-refractivity contribution is 7.99. The maximum Gasteiger partial charge on any atom is 0.234 e. The summed E-state index contributed by atoms with van der Waals surface area (Å²) in [6, 6.07) is 22.2. The average molecular weight is 499 g/mol. The van der Waals surface area contributed by atoms with Crippen molar-refractivity contribution in [3.05, 3.63) is 83.7 Å². The third kappa shape index (κ3) is 5.51. The summed E-state index contributed by atoms with van der Waals surface area (Å²) in [5, 5.41) is 15.3. The number of anilines is 1. The predicted octanol–water partition coefficient (Wildman–Crippen LogP) is 6.46. The van der Waals surface area contributed by atoms with Crippen molar-refractivity contribution in [2.24, 2.45) is 0 Å². The summed E-state index contributed by atoms with van der Waals surface area (Å²) in [7, 11) is 0. The van der Waals surface area contributed by atoms with Crippen LogP contribution in [0.15, 0.2) is 71.9 Å². The number of fused-ring (bicyclic) bond motifs is 1. The molecule has 3 aromatic carbocycles. The predicted molar refractivity (Wildman–Crippen MR) is 145 cm³/mol. The molecule has 0 unspecified atom stereocenters. The van der Waals surface area contributed by atoms with E-state index in [1.807, 2.05) is 0 Å². The molecule has 0 saturated heterocycles. The molecule has 1 heterocycles. The highest BCUT2D eigenvalue weighted by atomic mass is 32.2. The number of amides is 1. The fourth-order valence-electron chi connectivity index (χ4n) is 4.99. The minimum atomic E-state index is -0.130. The van der Waals surface area contributed by atoms with E-state index >= 15 is 0 Å². The van der Waals surface area contributed by atoms with Crippen LogP contribution in [0.5, 0.6) is 0 Å². The Kier molecular flexibility index (Phi) is 7.47. The maximum atomic E-state index is 12.7. The number of carbonyl (C=O) groups is 2. The van der Waals surface area contributed by atoms with E-state index in [1.54, 1.807) is 24.3 Å². The second kappa shape index (κ2) is 11.1. The molecule has 6 nitrogen and oxygen atoms in total. The van der Waals surface area contributed by atoms with Crippen LogP contribution in [0.1, 0.15) is 66.8 Å². The molecule has 1 fully saturated rings. The SMILES string of the molecule is CC(=O)c1cccc(NC(=O)CSc2nnc(Cc3cccc4ccccc34)n2C2CCCCC2)c1. The second-order valence-electron chi connectivity index (χ2n) is 9.35. The minimum Gasteiger partial charge on any atom is -0.325 e. The Morgan fingerprint density at radius 3 is 2.58 bits per heavy atom. The van der Waals surface area contributed by atoms with Gasteiger partial charge in [0.05, 0.1) is 5.75 Å². The van der Waals surface area contributed by atoms with E-state index in [1.165, 1.54) is 54.3 Å². The monoisotopic (exact) mass is 498 g/mol. The quantitative estimate of drug-likeness (QED) is 0.223. The summed E-state index contributed by atoms with van der Waals surface area (Å²) < 4.78 is 2.29. The van der Waals surface area contributed by atoms with Crippen LogP contribution in [-0.4, -0.2) is 32.2 Å². The number of rotatable bonds is 8. The molecule has 0 atom stereocenters. The molecule has 7 heteroatoms. The largest absolute Gasteiger partial charge is 0.325 e. The van der Waals surface area contributed by atoms with Crippen LogP contribution in [-0.2, 0) is 11.2 Å². The van der Waals surface area contributed by atoms with E-state index in [9.17, 15) is 9.59 Å². The van der Waals surface area contributed by atoms with Gasteiger partial charge in [0.2, 0.25) is 5.91 Å². The van der Waals surface area contributed by atoms with Gasteiger partial charge in [-0.1, -0.05) is 85.6 Å². The first kappa shape index (κ1) is 24.3. The molecule has 1 aliphatic carbocycles. The van der Waals surface area contributed by atoms with Gasteiger partial charge in [-0.2, -0.15) is 0 Å². The lowest BCUT2D eigenvalue weighted by molar-refractivity contribution is -0.113. The van der Waals surface area contributed by atoms with E-state index in [2.05, 4.69) is 62.5 Å². The lowest BCUT2D eigenvalue weighted by Crippen LogP contribution is -2.18. The lowest BCUT2D eigenvalue weighted by atomic mass is 9.95. The molecule has 0 radical (unpaired) electrons. The van der Waals surface area contributed by atoms with Gasteiger partial charge in [0.1, 0.15) is 5.82 Å². The Hall–Kier alpha value is -3.45. The van der Waals surface area contributed by atoms with Gasteiger partial charge in [-0.25, -0.2) is 0 Å². The zero-order chi connectivity index (χ0) is 24.9. The van der Waals surface area contributed by atoms with Crippen molar-refractivity contribution in [1.82, 2.24) is 14.8 Å². The van der Waals surface area contributed by atoms with Crippen molar-refractivity contribution in [2.45, 2.75) is 56.6 Å². The van der Waals surface area contributed by atoms with Gasteiger partial charge in [0.25, 0.3) is 0 Å². The first-order valence-electron chi connectivity index (χ1n) is 12.5. The van der Waals surface area contributed by atoms with Crippen LogP contribution in [0.2, 0.25) is 0 Å². The van der Waals surface area contributed by atoms with Gasteiger partial charge in [0.15, 0.2) is 10.9 Å². The molecule has 1 amide bonds. The average Bonchev–Trinajstić information content (AvgIpc) is 3.30. The van der Waals surface area contributed by atoms with E-state index in [0.29, 0.717) is 23.7 Å². The molecular weight excluding hydrogens is 468 g/mol. The molecule has 0 aliphatic heterocycles. The van der Waals surface area contributed by atoms with Crippen LogP contribution in [0.3, 0.4) is 0 Å². The van der Waals surface area contributed by atoms with Crippen LogP contribution < -0.4 is 5.32 Å². The van der Waals surface area contributed by atoms with E-state index in [4.69, 9.17) is 0 Å². The van der Waals surface area contributed by atoms with Gasteiger partial charge >= 0.3 is 0 Å². The Morgan fingerprint density at radius 2 is 1.75 bits per heavy atom. The van der Waals surface area contributed by atoms with Crippen molar-refractivity contribution in [1.29, 1.82) is 0 Å². The summed E-state index contributed by atoms with van der Waals surface area (Å²) in [5.41, 5.74) is 2.44. The number of ketones is 1. The number of aromatic nitrogens is 3. The number of hydrogen-bond donors (Lipinski definition) is 1. The van der Waals surface area contributed by atoms with E-state index < -0.39 is 0 Å². The molecular formula is C29H30N4O2S. The zero-order valence-corrected chi connectivity index (χ0v) is 21.3. The summed E-state index contributed by atoms with van der Waals surface area (Å²) in [4.78, 5) is 24.4. The Labute approximate surface area is 215 Å². The summed E-state index contributed by atoms with van der Waals surface area (Å²) in [5.74, 6) is 1.02. The van der Waals surface area contributed by atoms with Crippen LogP contribution in [0.4, 0.5) is 5.69 Å². The third-order valence-corrected chi connectivity index (χ3v) is 7.73. The number of Topliss-reactive ketones (excluding diaryl/α,β-unsaturated/α-hetero) is 1. The minimum absolute atomic E-state index is 0.0280. The Morgan fingerprint density at radius 1 is 0.972 bits per heavy atom. The van der Waals surface area contributed by atoms with E-state index in [0.717, 1.165) is 23.8 Å². The van der Waals surface area contributed by atoms with Crippen molar-refractivity contribution in [3.8, 4) is 0 Å². The molecule has 1 aromatic heterocycles. The summed E-state index contributed by atoms with van der Waals surface area (Å²) in [6.07, 6.45) is 6.59. The molecule has 36 heavy (non-hydrogen) atoms. The van der Waals surface area contributed by atoms with Gasteiger partial charge < -0.3 is 9.88 Å². The highest BCUT2D eigenvalue weighted by Crippen LogP contribution is 2.34. The molecule has 5 rings (SSSR count). The fraction of sp³-hybridized carbons (Fsp3) is 0.310. The summed E-state index contributed by atoms with van der Waals surface area (Å²) >= 11 is 1.42. The zero-order valence-electron chi connectivity index (χ0n) is 20.4. The third-order valence-electron chi connectivity index (χ3n) is 6.79. The first-order valence-corrected chi connectivity index (χ1v) is 13.5. The number of hydrogen-bond acceptors (Lipinski definition) is 5. The number of carbonyl (C=O) groups excluding carboxylic acids is 2. The lowest BCUT2D eigenvalue weighted by Gasteiger charge is -2.25. The van der Waals surface area contributed by atoms with Crippen LogP contribution in [0, 0.1) is 0 Å². The van der Waals surface area contributed by atoms with Gasteiger partial charge in [-0.05, 0) is 48.2 Å². The van der Waals surface area contributed by atoms with Crippen molar-refractivity contribution < 1.29 is 9.59 Å². The molecule has 0 spiro atoms. The van der Waals surface area contributed by atoms with Crippen molar-refractivity contribution in [2.75, 3.05) is 11.1 Å². The molecule has 1 saturated carbocycles. The van der Waals surface area contributed by atoms with Crippen LogP contribution in [0.25, 0.3) is 10.8 Å². The topological polar surface area (TPSA) is 76.9 Å². The fourth-order valence-corrected chi connectivity index (χ4v) is 5.82. The smallest absolute Gasteiger partial charge is 0.234 e. The van der Waals surface area contributed by atoms with Crippen molar-refractivity contribution in [3.63, 3.8) is 0 Å². The van der Waals surface area contributed by atoms with Crippen molar-refractivity contribution >= 4 is 39.9 Å². The van der Waals surface area contributed by atoms with Crippen LogP contribution >= 0.6 is 11.8 Å². The molecule has 184 valence electrons. The summed E-state index contributed by atoms with van der Waals surface area (Å²) in [6.45, 7) is 1.52. The first-order chi connectivity index (χ1) is 17.6. The highest BCUT2D eigenvalue weighted by Gasteiger charge is 2.24. The van der Waals surface area contributed by atoms with Gasteiger partial charge in [-0.3, -0.25) is 9.59 Å². The molecule has 1 N–H and O–H groups in total. The standard InChI is InChI=1S/C29H30N4O2S/c1-20(34)22-11-8-13-24(17-22)30-28(35)19-36-29-32-31-27(33(29)25-14-3-2-4-15-25)18-23-12-7-10-21-9-5-6-16-26(21)23/h5-13,16-17,25H,2-4,14-15,18-19H2,1H3,(H,30,35). The molecule has 4 aromatic rings. The second-order valence-corrected chi connectivity index (χ2v) is 10.3. The number of nitrogens with zero attached hydrogens (tertiary/aromatic N) is 3. The normalized spacial score (nSPS) is 14.1. The Balaban J connectivity index is 1.35. The van der Waals surface area contributed by atoms with Gasteiger partial charge in [-0.15, -0.1) is 10.2 Å². The van der Waals surface area contributed by atoms with E-state index in [-0.39, 0.29) is 17.4 Å². The number of thioether (sulfide) groups is 1. The Bertz CT molecular complexity index is 1390. The number of benzene rings is 3. The molecule has 0 bridgehead atoms. The molecule has 1 aliphatic rings.